The number of fused-ring (bicyclic) bond motifs is 1. The van der Waals surface area contributed by atoms with Crippen molar-refractivity contribution in [2.24, 2.45) is 7.05 Å². The minimum Gasteiger partial charge on any atom is -0.494 e. The van der Waals surface area contributed by atoms with Gasteiger partial charge in [-0.2, -0.15) is 0 Å². The van der Waals surface area contributed by atoms with Crippen LogP contribution in [0, 0.1) is 0 Å². The van der Waals surface area contributed by atoms with Crippen LogP contribution in [0.5, 0.6) is 5.75 Å². The van der Waals surface area contributed by atoms with Crippen LogP contribution in [0.2, 0.25) is 0 Å². The van der Waals surface area contributed by atoms with Gasteiger partial charge in [-0.05, 0) is 30.7 Å². The molecule has 3 aromatic rings. The van der Waals surface area contributed by atoms with Gasteiger partial charge >= 0.3 is 5.97 Å². The minimum absolute atomic E-state index is 0.223. The average Bonchev–Trinajstić information content (AvgIpc) is 2.96. The normalized spacial score (nSPS) is 10.8. The Balaban J connectivity index is 1.75. The van der Waals surface area contributed by atoms with E-state index >= 15 is 0 Å². The summed E-state index contributed by atoms with van der Waals surface area (Å²) in [7, 11) is 3.36. The van der Waals surface area contributed by atoms with Crippen LogP contribution in [-0.4, -0.2) is 34.2 Å². The Bertz CT molecular complexity index is 858. The molecule has 0 saturated heterocycles. The van der Waals surface area contributed by atoms with E-state index in [1.807, 2.05) is 48.0 Å². The predicted molar refractivity (Wildman–Crippen MR) is 90.7 cm³/mol. The van der Waals surface area contributed by atoms with Crippen LogP contribution in [0.25, 0.3) is 22.6 Å². The first kappa shape index (κ1) is 16.0. The molecule has 0 atom stereocenters. The number of aromatic nitrogens is 3. The molecule has 24 heavy (non-hydrogen) atoms. The first-order chi connectivity index (χ1) is 11.7. The molecule has 0 N–H and O–H groups in total. The molecule has 0 aliphatic rings. The van der Waals surface area contributed by atoms with Gasteiger partial charge in [0.2, 0.25) is 0 Å². The third-order valence-electron chi connectivity index (χ3n) is 3.77. The zero-order valence-electron chi connectivity index (χ0n) is 13.7. The molecule has 3 rings (SSSR count). The van der Waals surface area contributed by atoms with E-state index in [0.717, 1.165) is 28.3 Å². The average molecular weight is 325 g/mol. The van der Waals surface area contributed by atoms with Crippen molar-refractivity contribution in [2.75, 3.05) is 13.7 Å². The van der Waals surface area contributed by atoms with Crippen LogP contribution in [0.1, 0.15) is 12.8 Å². The van der Waals surface area contributed by atoms with Crippen molar-refractivity contribution in [3.05, 3.63) is 42.6 Å². The second-order valence-corrected chi connectivity index (χ2v) is 5.40. The molecule has 0 unspecified atom stereocenters. The number of carbonyl (C=O) groups excluding carboxylic acids is 1. The van der Waals surface area contributed by atoms with Crippen molar-refractivity contribution >= 4 is 17.1 Å². The van der Waals surface area contributed by atoms with E-state index in [4.69, 9.17) is 4.74 Å². The van der Waals surface area contributed by atoms with Gasteiger partial charge in [-0.1, -0.05) is 12.1 Å². The Labute approximate surface area is 140 Å². The lowest BCUT2D eigenvalue weighted by Crippen LogP contribution is -2.04. The minimum atomic E-state index is -0.223. The van der Waals surface area contributed by atoms with E-state index in [2.05, 4.69) is 14.7 Å². The molecule has 0 aliphatic carbocycles. The molecule has 0 amide bonds. The highest BCUT2D eigenvalue weighted by Crippen LogP contribution is 2.25. The number of pyridine rings is 1. The van der Waals surface area contributed by atoms with Gasteiger partial charge in [0, 0.05) is 25.2 Å². The fraction of sp³-hybridized carbons (Fsp3) is 0.278. The Morgan fingerprint density at radius 2 is 2.12 bits per heavy atom. The van der Waals surface area contributed by atoms with Gasteiger partial charge in [0.25, 0.3) is 0 Å². The summed E-state index contributed by atoms with van der Waals surface area (Å²) in [5.41, 5.74) is 2.66. The fourth-order valence-corrected chi connectivity index (χ4v) is 2.52. The van der Waals surface area contributed by atoms with Crippen LogP contribution in [-0.2, 0) is 16.6 Å². The lowest BCUT2D eigenvalue weighted by atomic mass is 10.2. The molecular weight excluding hydrogens is 306 g/mol. The highest BCUT2D eigenvalue weighted by Gasteiger charge is 2.11. The first-order valence-electron chi connectivity index (χ1n) is 7.76. The van der Waals surface area contributed by atoms with Crippen LogP contribution >= 0.6 is 0 Å². The molecule has 6 nitrogen and oxygen atoms in total. The van der Waals surface area contributed by atoms with Gasteiger partial charge in [0.1, 0.15) is 11.6 Å². The number of ether oxygens (including phenoxy) is 2. The van der Waals surface area contributed by atoms with Gasteiger partial charge in [-0.15, -0.1) is 0 Å². The molecule has 0 fully saturated rings. The summed E-state index contributed by atoms with van der Waals surface area (Å²) < 4.78 is 12.3. The number of rotatable bonds is 6. The summed E-state index contributed by atoms with van der Waals surface area (Å²) in [6.07, 6.45) is 2.71. The predicted octanol–water partition coefficient (Wildman–Crippen LogP) is 2.97. The van der Waals surface area contributed by atoms with Crippen LogP contribution < -0.4 is 4.74 Å². The van der Waals surface area contributed by atoms with Crippen molar-refractivity contribution in [1.29, 1.82) is 0 Å². The highest BCUT2D eigenvalue weighted by atomic mass is 16.5. The van der Waals surface area contributed by atoms with Crippen molar-refractivity contribution in [3.63, 3.8) is 0 Å². The number of carbonyl (C=O) groups is 1. The maximum Gasteiger partial charge on any atom is 0.305 e. The maximum atomic E-state index is 11.1. The summed E-state index contributed by atoms with van der Waals surface area (Å²) in [6, 6.07) is 11.6. The molecular formula is C18H19N3O3. The van der Waals surface area contributed by atoms with Gasteiger partial charge in [-0.25, -0.2) is 9.97 Å². The summed E-state index contributed by atoms with van der Waals surface area (Å²) >= 11 is 0. The SMILES string of the molecule is COC(=O)CCCOc1cccc(-c2nc3ncccc3n2C)c1. The number of hydrogen-bond acceptors (Lipinski definition) is 5. The molecule has 124 valence electrons. The third-order valence-corrected chi connectivity index (χ3v) is 3.77. The number of aryl methyl sites for hydroxylation is 1. The molecule has 1 aromatic carbocycles. The number of hydrogen-bond donors (Lipinski definition) is 0. The number of nitrogens with zero attached hydrogens (tertiary/aromatic N) is 3. The second-order valence-electron chi connectivity index (χ2n) is 5.40. The number of esters is 1. The number of benzene rings is 1. The zero-order chi connectivity index (χ0) is 16.9. The van der Waals surface area contributed by atoms with Gasteiger partial charge in [0.15, 0.2) is 5.65 Å². The van der Waals surface area contributed by atoms with E-state index in [9.17, 15) is 4.79 Å². The van der Waals surface area contributed by atoms with Gasteiger partial charge < -0.3 is 14.0 Å². The van der Waals surface area contributed by atoms with Gasteiger partial charge in [0.05, 0.1) is 19.2 Å². The molecule has 0 aliphatic heterocycles. The van der Waals surface area contributed by atoms with E-state index in [1.165, 1.54) is 7.11 Å². The Hall–Kier alpha value is -2.89. The summed E-state index contributed by atoms with van der Waals surface area (Å²) in [6.45, 7) is 0.461. The van der Waals surface area contributed by atoms with E-state index in [-0.39, 0.29) is 5.97 Å². The third kappa shape index (κ3) is 3.37. The van der Waals surface area contributed by atoms with Crippen LogP contribution in [0.15, 0.2) is 42.6 Å². The standard InChI is InChI=1S/C18H19N3O3/c1-21-15-8-4-10-19-17(15)20-18(21)13-6-3-7-14(12-13)24-11-5-9-16(22)23-2/h3-4,6-8,10,12H,5,9,11H2,1-2H3. The molecule has 0 bridgehead atoms. The van der Waals surface area contributed by atoms with Crippen molar-refractivity contribution in [1.82, 2.24) is 14.5 Å². The highest BCUT2D eigenvalue weighted by molar-refractivity contribution is 5.77. The van der Waals surface area contributed by atoms with Crippen molar-refractivity contribution in [2.45, 2.75) is 12.8 Å². The molecule has 2 heterocycles. The molecule has 6 heteroatoms. The van der Waals surface area contributed by atoms with E-state index in [0.29, 0.717) is 19.4 Å². The lowest BCUT2D eigenvalue weighted by molar-refractivity contribution is -0.140. The van der Waals surface area contributed by atoms with E-state index < -0.39 is 0 Å². The van der Waals surface area contributed by atoms with Crippen LogP contribution in [0.3, 0.4) is 0 Å². The number of imidazole rings is 1. The topological polar surface area (TPSA) is 66.2 Å². The second kappa shape index (κ2) is 7.12. The zero-order valence-corrected chi connectivity index (χ0v) is 13.7. The lowest BCUT2D eigenvalue weighted by Gasteiger charge is -2.08. The van der Waals surface area contributed by atoms with E-state index in [1.54, 1.807) is 6.20 Å². The Morgan fingerprint density at radius 3 is 2.92 bits per heavy atom. The Morgan fingerprint density at radius 1 is 1.25 bits per heavy atom. The van der Waals surface area contributed by atoms with Crippen molar-refractivity contribution in [3.8, 4) is 17.1 Å². The summed E-state index contributed by atoms with van der Waals surface area (Å²) in [5.74, 6) is 1.36. The summed E-state index contributed by atoms with van der Waals surface area (Å²) in [4.78, 5) is 20.0. The van der Waals surface area contributed by atoms with Crippen LogP contribution in [0.4, 0.5) is 0 Å². The van der Waals surface area contributed by atoms with Crippen molar-refractivity contribution < 1.29 is 14.3 Å². The monoisotopic (exact) mass is 325 g/mol. The largest absolute Gasteiger partial charge is 0.494 e. The quantitative estimate of drug-likeness (QED) is 0.515. The molecule has 0 saturated carbocycles. The molecule has 0 spiro atoms. The number of methoxy groups -OCH3 is 1. The smallest absolute Gasteiger partial charge is 0.305 e. The first-order valence-corrected chi connectivity index (χ1v) is 7.76. The maximum absolute atomic E-state index is 11.1. The molecule has 2 aromatic heterocycles. The summed E-state index contributed by atoms with van der Waals surface area (Å²) in [5, 5.41) is 0. The molecule has 0 radical (unpaired) electrons. The fourth-order valence-electron chi connectivity index (χ4n) is 2.52. The van der Waals surface area contributed by atoms with Gasteiger partial charge in [-0.3, -0.25) is 4.79 Å². The Kier molecular flexibility index (Phi) is 4.74.